The van der Waals surface area contributed by atoms with Gasteiger partial charge in [0, 0.05) is 30.6 Å². The molecule has 0 radical (unpaired) electrons. The van der Waals surface area contributed by atoms with Gasteiger partial charge in [0.25, 0.3) is 0 Å². The van der Waals surface area contributed by atoms with Crippen LogP contribution in [-0.4, -0.2) is 37.3 Å². The Morgan fingerprint density at radius 3 is 2.63 bits per heavy atom. The van der Waals surface area contributed by atoms with Crippen molar-refractivity contribution in [2.24, 2.45) is 0 Å². The van der Waals surface area contributed by atoms with Gasteiger partial charge in [-0.25, -0.2) is 14.2 Å². The fraction of sp³-hybridized carbons (Fsp3) is 0.278. The van der Waals surface area contributed by atoms with Crippen molar-refractivity contribution in [1.29, 1.82) is 0 Å². The summed E-state index contributed by atoms with van der Waals surface area (Å²) < 4.78 is 15.5. The van der Waals surface area contributed by atoms with Crippen LogP contribution in [0.3, 0.4) is 0 Å². The molecule has 2 N–H and O–H groups in total. The first kappa shape index (κ1) is 17.1. The Bertz CT molecular complexity index is 923. The fourth-order valence-corrected chi connectivity index (χ4v) is 3.18. The summed E-state index contributed by atoms with van der Waals surface area (Å²) in [5.41, 5.74) is 0.183. The molecule has 3 aromatic rings. The van der Waals surface area contributed by atoms with Crippen LogP contribution in [0.2, 0.25) is 0 Å². The van der Waals surface area contributed by atoms with Gasteiger partial charge in [0.15, 0.2) is 5.82 Å². The minimum atomic E-state index is -0.374. The Labute approximate surface area is 154 Å². The van der Waals surface area contributed by atoms with Crippen molar-refractivity contribution in [3.63, 3.8) is 0 Å². The lowest BCUT2D eigenvalue weighted by atomic mass is 9.66. The van der Waals surface area contributed by atoms with Crippen molar-refractivity contribution in [2.45, 2.75) is 24.7 Å². The molecule has 3 aromatic heterocycles. The number of carbonyl (C=O) groups excluding carboxylic acids is 1. The lowest BCUT2D eigenvalue weighted by Gasteiger charge is -2.41. The molecule has 3 heterocycles. The second kappa shape index (κ2) is 7.10. The summed E-state index contributed by atoms with van der Waals surface area (Å²) in [4.78, 5) is 20.0. The number of aromatic nitrogens is 5. The Hall–Kier alpha value is -3.36. The van der Waals surface area contributed by atoms with E-state index in [4.69, 9.17) is 0 Å². The molecule has 1 aliphatic carbocycles. The number of imidazole rings is 1. The highest BCUT2D eigenvalue weighted by molar-refractivity contribution is 5.89. The number of pyridine rings is 1. The molecule has 4 rings (SSSR count). The van der Waals surface area contributed by atoms with Gasteiger partial charge in [-0.15, -0.1) is 10.2 Å². The third-order valence-corrected chi connectivity index (χ3v) is 4.82. The van der Waals surface area contributed by atoms with E-state index in [1.54, 1.807) is 24.4 Å². The minimum absolute atomic E-state index is 0.275. The van der Waals surface area contributed by atoms with E-state index in [2.05, 4.69) is 30.8 Å². The van der Waals surface area contributed by atoms with E-state index in [1.165, 1.54) is 29.4 Å². The maximum Gasteiger partial charge on any atom is 0.332 e. The fourth-order valence-electron chi connectivity index (χ4n) is 3.18. The number of rotatable bonds is 5. The molecule has 0 atom stereocenters. The average Bonchev–Trinajstić information content (AvgIpc) is 3.18. The molecule has 138 valence electrons. The van der Waals surface area contributed by atoms with Gasteiger partial charge in [0.05, 0.1) is 5.69 Å². The number of hydrogen-bond donors (Lipinski definition) is 2. The molecular weight excluding hydrogens is 349 g/mol. The molecule has 0 aliphatic heterocycles. The number of hydrogen-bond acceptors (Lipinski definition) is 6. The van der Waals surface area contributed by atoms with E-state index in [0.29, 0.717) is 23.9 Å². The van der Waals surface area contributed by atoms with E-state index < -0.39 is 0 Å². The molecule has 0 saturated heterocycles. The zero-order chi connectivity index (χ0) is 18.7. The van der Waals surface area contributed by atoms with E-state index in [-0.39, 0.29) is 17.3 Å². The monoisotopic (exact) mass is 367 g/mol. The number of carbonyl (C=O) groups is 1. The van der Waals surface area contributed by atoms with Gasteiger partial charge < -0.3 is 5.32 Å². The highest BCUT2D eigenvalue weighted by atomic mass is 19.1. The quantitative estimate of drug-likeness (QED) is 0.720. The summed E-state index contributed by atoms with van der Waals surface area (Å²) in [5.74, 6) is 0.606. The first-order chi connectivity index (χ1) is 13.2. The van der Waals surface area contributed by atoms with Crippen LogP contribution in [0.25, 0.3) is 0 Å². The summed E-state index contributed by atoms with van der Waals surface area (Å²) in [5, 5.41) is 13.9. The minimum Gasteiger partial charge on any atom is -0.368 e. The second-order valence-corrected chi connectivity index (χ2v) is 6.53. The lowest BCUT2D eigenvalue weighted by molar-refractivity contribution is 0.243. The zero-order valence-electron chi connectivity index (χ0n) is 14.5. The molecule has 8 nitrogen and oxygen atoms in total. The number of anilines is 2. The molecule has 0 spiro atoms. The van der Waals surface area contributed by atoms with Crippen LogP contribution in [0.15, 0.2) is 49.2 Å². The molecule has 9 heteroatoms. The van der Waals surface area contributed by atoms with Gasteiger partial charge in [0.1, 0.15) is 18.0 Å². The third kappa shape index (κ3) is 3.48. The van der Waals surface area contributed by atoms with Crippen molar-refractivity contribution in [3.05, 3.63) is 60.7 Å². The van der Waals surface area contributed by atoms with Crippen molar-refractivity contribution in [1.82, 2.24) is 24.7 Å². The topological polar surface area (TPSA) is 97.6 Å². The molecule has 1 aliphatic rings. The molecule has 27 heavy (non-hydrogen) atoms. The summed E-state index contributed by atoms with van der Waals surface area (Å²) >= 11 is 0. The maximum absolute atomic E-state index is 14.2. The predicted octanol–water partition coefficient (Wildman–Crippen LogP) is 2.82. The van der Waals surface area contributed by atoms with Crippen LogP contribution in [0.4, 0.5) is 20.8 Å². The summed E-state index contributed by atoms with van der Waals surface area (Å²) in [7, 11) is 0. The van der Waals surface area contributed by atoms with E-state index >= 15 is 0 Å². The smallest absolute Gasteiger partial charge is 0.332 e. The van der Waals surface area contributed by atoms with Crippen LogP contribution < -0.4 is 10.6 Å². The molecule has 1 amide bonds. The standard InChI is InChI=1S/C18H18FN7O/c19-13-3-1-8-21-16(13)18(6-2-7-18)11-22-14-4-5-15(25-24-14)23-17(27)26-10-9-20-12-26/h1,3-5,8-10,12H,2,6-7,11H2,(H,22,24)(H,23,25,27). The SMILES string of the molecule is O=C(Nc1ccc(NCC2(c3ncccc3F)CCC2)nn1)n1ccnc1. The average molecular weight is 367 g/mol. The number of nitrogens with one attached hydrogen (secondary N) is 2. The molecule has 1 fully saturated rings. The highest BCUT2D eigenvalue weighted by Crippen LogP contribution is 2.43. The van der Waals surface area contributed by atoms with E-state index in [1.807, 2.05) is 0 Å². The Morgan fingerprint density at radius 1 is 1.19 bits per heavy atom. The largest absolute Gasteiger partial charge is 0.368 e. The Balaban J connectivity index is 1.40. The van der Waals surface area contributed by atoms with Crippen molar-refractivity contribution in [3.8, 4) is 0 Å². The van der Waals surface area contributed by atoms with Gasteiger partial charge in [-0.3, -0.25) is 14.9 Å². The molecule has 0 unspecified atom stereocenters. The highest BCUT2D eigenvalue weighted by Gasteiger charge is 2.41. The zero-order valence-corrected chi connectivity index (χ0v) is 14.5. The van der Waals surface area contributed by atoms with Crippen LogP contribution >= 0.6 is 0 Å². The Morgan fingerprint density at radius 2 is 2.00 bits per heavy atom. The van der Waals surface area contributed by atoms with E-state index in [0.717, 1.165) is 19.3 Å². The van der Waals surface area contributed by atoms with E-state index in [9.17, 15) is 9.18 Å². The molecule has 0 aromatic carbocycles. The third-order valence-electron chi connectivity index (χ3n) is 4.82. The summed E-state index contributed by atoms with van der Waals surface area (Å²) in [6, 6.07) is 6.04. The number of halogens is 1. The summed E-state index contributed by atoms with van der Waals surface area (Å²) in [6.07, 6.45) is 8.86. The first-order valence-electron chi connectivity index (χ1n) is 8.64. The first-order valence-corrected chi connectivity index (χ1v) is 8.64. The Kier molecular flexibility index (Phi) is 4.49. The van der Waals surface area contributed by atoms with Crippen molar-refractivity contribution >= 4 is 17.7 Å². The van der Waals surface area contributed by atoms with Crippen molar-refractivity contribution in [2.75, 3.05) is 17.2 Å². The maximum atomic E-state index is 14.2. The van der Waals surface area contributed by atoms with Gasteiger partial charge >= 0.3 is 6.03 Å². The van der Waals surface area contributed by atoms with Gasteiger partial charge in [-0.05, 0) is 37.1 Å². The normalized spacial score (nSPS) is 15.0. The molecular formula is C18H18FN7O. The van der Waals surface area contributed by atoms with Crippen molar-refractivity contribution < 1.29 is 9.18 Å². The van der Waals surface area contributed by atoms with Gasteiger partial charge in [-0.1, -0.05) is 6.42 Å². The lowest BCUT2D eigenvalue weighted by Crippen LogP contribution is -2.42. The second-order valence-electron chi connectivity index (χ2n) is 6.53. The summed E-state index contributed by atoms with van der Waals surface area (Å²) in [6.45, 7) is 0.524. The van der Waals surface area contributed by atoms with Gasteiger partial charge in [-0.2, -0.15) is 0 Å². The van der Waals surface area contributed by atoms with Crippen LogP contribution in [-0.2, 0) is 5.41 Å². The molecule has 0 bridgehead atoms. The van der Waals surface area contributed by atoms with Crippen LogP contribution in [0.5, 0.6) is 0 Å². The number of nitrogens with zero attached hydrogens (tertiary/aromatic N) is 5. The van der Waals surface area contributed by atoms with Crippen LogP contribution in [0, 0.1) is 5.82 Å². The van der Waals surface area contributed by atoms with Gasteiger partial charge in [0.2, 0.25) is 0 Å². The predicted molar refractivity (Wildman–Crippen MR) is 96.9 cm³/mol. The van der Waals surface area contributed by atoms with Crippen LogP contribution in [0.1, 0.15) is 25.0 Å². The molecule has 1 saturated carbocycles. The number of amides is 1.